The largest absolute Gasteiger partial charge is 0.394 e. The zero-order chi connectivity index (χ0) is 18.8. The van der Waals surface area contributed by atoms with E-state index >= 15 is 0 Å². The number of aliphatic hydroxyl groups excluding tert-OH is 1. The van der Waals surface area contributed by atoms with Gasteiger partial charge in [0.2, 0.25) is 0 Å². The number of aliphatic hydroxyl groups is 1. The van der Waals surface area contributed by atoms with Crippen LogP contribution in [0.25, 0.3) is 11.3 Å². The topological polar surface area (TPSA) is 108 Å². The summed E-state index contributed by atoms with van der Waals surface area (Å²) in [6.07, 6.45) is 0.818. The van der Waals surface area contributed by atoms with E-state index in [0.717, 1.165) is 29.8 Å². The molecule has 1 aliphatic rings. The smallest absolute Gasteiger partial charge is 0.277 e. The fourth-order valence-corrected chi connectivity index (χ4v) is 3.26. The Labute approximate surface area is 172 Å². The van der Waals surface area contributed by atoms with Crippen molar-refractivity contribution in [3.05, 3.63) is 52.3 Å². The number of carbonyl (C=O) groups excluding carboxylic acids is 1. The number of hydrogen-bond acceptors (Lipinski definition) is 5. The molecule has 1 aromatic carbocycles. The van der Waals surface area contributed by atoms with Crippen molar-refractivity contribution in [2.45, 2.75) is 19.5 Å². The highest BCUT2D eigenvalue weighted by atomic mass is 35.5. The van der Waals surface area contributed by atoms with Crippen LogP contribution in [0.1, 0.15) is 21.7 Å². The van der Waals surface area contributed by atoms with E-state index in [4.69, 9.17) is 11.6 Å². The van der Waals surface area contributed by atoms with E-state index in [2.05, 4.69) is 25.9 Å². The van der Waals surface area contributed by atoms with Crippen LogP contribution in [-0.4, -0.2) is 44.1 Å². The van der Waals surface area contributed by atoms with Crippen molar-refractivity contribution in [2.24, 2.45) is 0 Å². The molecule has 1 aliphatic heterocycles. The number of aromatic nitrogens is 4. The molecule has 0 spiro atoms. The Morgan fingerprint density at radius 2 is 2.11 bits per heavy atom. The number of fused-ring (bicyclic) bond motifs is 1. The Hall–Kier alpha value is -2.39. The summed E-state index contributed by atoms with van der Waals surface area (Å²) in [5.41, 5.74) is 3.81. The lowest BCUT2D eigenvalue weighted by atomic mass is 10.1. The molecule has 8 nitrogen and oxygen atoms in total. The minimum atomic E-state index is -0.307. The van der Waals surface area contributed by atoms with Crippen LogP contribution in [0.4, 0.5) is 5.82 Å². The zero-order valence-electron chi connectivity index (χ0n) is 14.9. The van der Waals surface area contributed by atoms with Crippen molar-refractivity contribution in [3.8, 4) is 11.3 Å². The Kier molecular flexibility index (Phi) is 6.35. The van der Waals surface area contributed by atoms with Gasteiger partial charge in [-0.05, 0) is 12.1 Å². The Morgan fingerprint density at radius 3 is 2.86 bits per heavy atom. The molecule has 0 fully saturated rings. The molecule has 4 N–H and O–H groups in total. The lowest BCUT2D eigenvalue weighted by molar-refractivity contribution is 0.102. The van der Waals surface area contributed by atoms with Gasteiger partial charge in [-0.1, -0.05) is 23.7 Å². The monoisotopic (exact) mass is 422 g/mol. The number of anilines is 1. The number of nitrogens with zero attached hydrogens (tertiary/aromatic N) is 3. The van der Waals surface area contributed by atoms with Crippen LogP contribution in [0.5, 0.6) is 0 Å². The highest BCUT2D eigenvalue weighted by Gasteiger charge is 2.23. The fraction of sp³-hybridized carbons (Fsp3) is 0.278. The number of carbonyl (C=O) groups is 1. The van der Waals surface area contributed by atoms with Crippen LogP contribution in [0, 0.1) is 0 Å². The Balaban J connectivity index is 0.00000225. The molecule has 0 atom stereocenters. The van der Waals surface area contributed by atoms with E-state index in [0.29, 0.717) is 28.8 Å². The molecule has 28 heavy (non-hydrogen) atoms. The first kappa shape index (κ1) is 20.3. The number of hydrogen-bond donors (Lipinski definition) is 4. The van der Waals surface area contributed by atoms with Crippen molar-refractivity contribution < 1.29 is 9.90 Å². The maximum atomic E-state index is 12.8. The van der Waals surface area contributed by atoms with E-state index in [-0.39, 0.29) is 31.5 Å². The molecular formula is C18H20Cl2N6O2. The normalized spacial score (nSPS) is 12.9. The highest BCUT2D eigenvalue weighted by Crippen LogP contribution is 2.24. The van der Waals surface area contributed by atoms with Gasteiger partial charge in [-0.25, -0.2) is 4.68 Å². The second-order valence-corrected chi connectivity index (χ2v) is 6.72. The third kappa shape index (κ3) is 4.05. The summed E-state index contributed by atoms with van der Waals surface area (Å²) in [5.74, 6) is 0.192. The maximum absolute atomic E-state index is 12.8. The molecule has 0 aliphatic carbocycles. The predicted molar refractivity (Wildman–Crippen MR) is 109 cm³/mol. The molecule has 4 rings (SSSR count). The molecule has 0 bridgehead atoms. The van der Waals surface area contributed by atoms with Gasteiger partial charge in [0.1, 0.15) is 5.82 Å². The molecular weight excluding hydrogens is 403 g/mol. The zero-order valence-corrected chi connectivity index (χ0v) is 16.5. The summed E-state index contributed by atoms with van der Waals surface area (Å²) in [5, 5.41) is 27.7. The van der Waals surface area contributed by atoms with Crippen molar-refractivity contribution in [1.82, 2.24) is 25.3 Å². The van der Waals surface area contributed by atoms with E-state index in [1.54, 1.807) is 22.9 Å². The summed E-state index contributed by atoms with van der Waals surface area (Å²) < 4.78 is 1.57. The van der Waals surface area contributed by atoms with Gasteiger partial charge < -0.3 is 15.7 Å². The summed E-state index contributed by atoms with van der Waals surface area (Å²) >= 11 is 5.94. The minimum Gasteiger partial charge on any atom is -0.394 e. The molecule has 3 heterocycles. The quantitative estimate of drug-likeness (QED) is 0.504. The first-order chi connectivity index (χ1) is 13.2. The summed E-state index contributed by atoms with van der Waals surface area (Å²) in [6, 6.07) is 9.05. The lowest BCUT2D eigenvalue weighted by Crippen LogP contribution is -2.25. The van der Waals surface area contributed by atoms with Crippen molar-refractivity contribution >= 4 is 35.7 Å². The average molecular weight is 423 g/mol. The number of halogens is 2. The molecule has 0 radical (unpaired) electrons. The van der Waals surface area contributed by atoms with Gasteiger partial charge in [0.25, 0.3) is 5.91 Å². The first-order valence-electron chi connectivity index (χ1n) is 8.68. The number of amides is 1. The molecule has 1 amide bonds. The molecule has 0 saturated carbocycles. The van der Waals surface area contributed by atoms with Gasteiger partial charge in [-0.3, -0.25) is 9.89 Å². The number of benzene rings is 1. The summed E-state index contributed by atoms with van der Waals surface area (Å²) in [7, 11) is 0. The van der Waals surface area contributed by atoms with Crippen LogP contribution in [0.15, 0.2) is 30.3 Å². The number of rotatable bonds is 5. The molecule has 148 valence electrons. The molecule has 10 heteroatoms. The fourth-order valence-electron chi connectivity index (χ4n) is 3.13. The minimum absolute atomic E-state index is 0. The average Bonchev–Trinajstić information content (AvgIpc) is 3.27. The SMILES string of the molecule is Cl.O=C(Nc1cc(-c2ccc(Cl)cc2)nn1CCO)c1n[nH]c2c1CNCC2. The van der Waals surface area contributed by atoms with E-state index in [9.17, 15) is 9.90 Å². The van der Waals surface area contributed by atoms with Crippen LogP contribution >= 0.6 is 24.0 Å². The third-order valence-corrected chi connectivity index (χ3v) is 4.75. The van der Waals surface area contributed by atoms with Crippen molar-refractivity contribution in [3.63, 3.8) is 0 Å². The standard InChI is InChI=1S/C18H19ClN6O2.ClH/c19-12-3-1-11(2-4-12)15-9-16(25(24-15)7-8-26)21-18(27)17-13-10-20-6-5-14(13)22-23-17;/h1-4,9,20,26H,5-8,10H2,(H,21,27)(H,22,23);1H. The van der Waals surface area contributed by atoms with Gasteiger partial charge in [0.15, 0.2) is 5.69 Å². The van der Waals surface area contributed by atoms with E-state index < -0.39 is 0 Å². The second-order valence-electron chi connectivity index (χ2n) is 6.28. The predicted octanol–water partition coefficient (Wildman–Crippen LogP) is 2.24. The third-order valence-electron chi connectivity index (χ3n) is 4.49. The number of aromatic amines is 1. The van der Waals surface area contributed by atoms with E-state index in [1.165, 1.54) is 0 Å². The number of nitrogens with one attached hydrogen (secondary N) is 3. The van der Waals surface area contributed by atoms with Crippen molar-refractivity contribution in [2.75, 3.05) is 18.5 Å². The van der Waals surface area contributed by atoms with Gasteiger partial charge in [-0.2, -0.15) is 10.2 Å². The van der Waals surface area contributed by atoms with Crippen LogP contribution < -0.4 is 10.6 Å². The van der Waals surface area contributed by atoms with Crippen LogP contribution in [0.3, 0.4) is 0 Å². The van der Waals surface area contributed by atoms with Gasteiger partial charge in [0, 0.05) is 47.4 Å². The van der Waals surface area contributed by atoms with Gasteiger partial charge >= 0.3 is 0 Å². The van der Waals surface area contributed by atoms with Crippen LogP contribution in [0.2, 0.25) is 5.02 Å². The Morgan fingerprint density at radius 1 is 1.32 bits per heavy atom. The molecule has 3 aromatic rings. The van der Waals surface area contributed by atoms with E-state index in [1.807, 2.05) is 12.1 Å². The summed E-state index contributed by atoms with van der Waals surface area (Å²) in [4.78, 5) is 12.8. The van der Waals surface area contributed by atoms with Crippen molar-refractivity contribution in [1.29, 1.82) is 0 Å². The molecule has 0 saturated heterocycles. The summed E-state index contributed by atoms with van der Waals surface area (Å²) in [6.45, 7) is 1.65. The second kappa shape index (κ2) is 8.74. The molecule has 0 unspecified atom stereocenters. The lowest BCUT2D eigenvalue weighted by Gasteiger charge is -2.13. The Bertz CT molecular complexity index is 967. The highest BCUT2D eigenvalue weighted by molar-refractivity contribution is 6.30. The number of H-pyrrole nitrogens is 1. The first-order valence-corrected chi connectivity index (χ1v) is 9.06. The van der Waals surface area contributed by atoms with Crippen LogP contribution in [-0.2, 0) is 19.5 Å². The van der Waals surface area contributed by atoms with Gasteiger partial charge in [0.05, 0.1) is 18.8 Å². The maximum Gasteiger partial charge on any atom is 0.277 e. The van der Waals surface area contributed by atoms with Gasteiger partial charge in [-0.15, -0.1) is 12.4 Å². The molecule has 2 aromatic heterocycles.